The number of methoxy groups -OCH3 is 1. The summed E-state index contributed by atoms with van der Waals surface area (Å²) in [6.07, 6.45) is 4.16. The molecule has 1 fully saturated rings. The van der Waals surface area contributed by atoms with Gasteiger partial charge in [-0.15, -0.1) is 0 Å². The van der Waals surface area contributed by atoms with E-state index in [1.54, 1.807) is 7.11 Å². The number of amides is 1. The molecule has 1 saturated heterocycles. The van der Waals surface area contributed by atoms with Crippen molar-refractivity contribution in [1.29, 1.82) is 0 Å². The number of ether oxygens (including phenoxy) is 2. The molecule has 2 aliphatic heterocycles. The van der Waals surface area contributed by atoms with Crippen LogP contribution >= 0.6 is 0 Å². The minimum Gasteiger partial charge on any atom is -0.493 e. The molecule has 33 heavy (non-hydrogen) atoms. The number of hydrogen-bond acceptors (Lipinski definition) is 4. The zero-order valence-electron chi connectivity index (χ0n) is 19.2. The Morgan fingerprint density at radius 1 is 1.00 bits per heavy atom. The summed E-state index contributed by atoms with van der Waals surface area (Å²) in [7, 11) is 1.65. The standard InChI is InChI=1S/C28H28N2O3/c1-27(2)22-11-7-8-12-23(22)30-18-26(31)29-28(27,30)16-15-20-13-14-24(25(17-20)32-3)33-19-21-9-5-4-6-10-21/h4-17H,18-19H2,1-3H3,(H,29,31)/b16-15+/t28-/m0/s1. The van der Waals surface area contributed by atoms with Crippen LogP contribution in [0.1, 0.15) is 30.5 Å². The Labute approximate surface area is 194 Å². The number of para-hydroxylation sites is 1. The van der Waals surface area contributed by atoms with Crippen molar-refractivity contribution in [3.05, 3.63) is 95.6 Å². The molecule has 0 spiro atoms. The van der Waals surface area contributed by atoms with Crippen molar-refractivity contribution in [3.8, 4) is 11.5 Å². The topological polar surface area (TPSA) is 50.8 Å². The number of nitrogens with one attached hydrogen (secondary N) is 1. The maximum Gasteiger partial charge on any atom is 0.241 e. The van der Waals surface area contributed by atoms with Crippen LogP contribution in [0.25, 0.3) is 6.08 Å². The smallest absolute Gasteiger partial charge is 0.241 e. The maximum atomic E-state index is 12.5. The van der Waals surface area contributed by atoms with Crippen molar-refractivity contribution >= 4 is 17.7 Å². The lowest BCUT2D eigenvalue weighted by molar-refractivity contribution is -0.118. The summed E-state index contributed by atoms with van der Waals surface area (Å²) in [5.41, 5.74) is 3.49. The van der Waals surface area contributed by atoms with E-state index in [1.165, 1.54) is 5.56 Å². The van der Waals surface area contributed by atoms with Crippen molar-refractivity contribution in [2.75, 3.05) is 18.6 Å². The molecule has 0 bridgehead atoms. The Hall–Kier alpha value is -3.73. The van der Waals surface area contributed by atoms with Gasteiger partial charge >= 0.3 is 0 Å². The number of rotatable bonds is 6. The lowest BCUT2D eigenvalue weighted by atomic mass is 9.75. The highest BCUT2D eigenvalue weighted by atomic mass is 16.5. The molecule has 2 heterocycles. The average molecular weight is 441 g/mol. The molecule has 2 aliphatic rings. The van der Waals surface area contributed by atoms with Gasteiger partial charge in [-0.1, -0.05) is 74.5 Å². The first-order valence-corrected chi connectivity index (χ1v) is 11.2. The van der Waals surface area contributed by atoms with Gasteiger partial charge in [0.1, 0.15) is 12.3 Å². The minimum absolute atomic E-state index is 0.0319. The van der Waals surface area contributed by atoms with E-state index in [0.29, 0.717) is 24.7 Å². The van der Waals surface area contributed by atoms with Crippen LogP contribution < -0.4 is 19.7 Å². The summed E-state index contributed by atoms with van der Waals surface area (Å²) in [6.45, 7) is 5.19. The number of benzene rings is 3. The lowest BCUT2D eigenvalue weighted by Crippen LogP contribution is -2.58. The molecular formula is C28H28N2O3. The fraction of sp³-hybridized carbons (Fsp3) is 0.250. The largest absolute Gasteiger partial charge is 0.493 e. The van der Waals surface area contributed by atoms with Crippen molar-refractivity contribution in [2.24, 2.45) is 0 Å². The van der Waals surface area contributed by atoms with Gasteiger partial charge in [-0.05, 0) is 41.0 Å². The zero-order chi connectivity index (χ0) is 23.1. The molecule has 1 amide bonds. The Morgan fingerprint density at radius 2 is 1.76 bits per heavy atom. The molecule has 0 unspecified atom stereocenters. The molecule has 3 aromatic rings. The molecule has 5 heteroatoms. The number of carbonyl (C=O) groups excluding carboxylic acids is 1. The molecule has 168 valence electrons. The third-order valence-electron chi connectivity index (χ3n) is 6.82. The van der Waals surface area contributed by atoms with Crippen LogP contribution in [0.2, 0.25) is 0 Å². The molecule has 1 N–H and O–H groups in total. The number of nitrogens with zero attached hydrogens (tertiary/aromatic N) is 1. The fourth-order valence-electron chi connectivity index (χ4n) is 5.00. The second-order valence-corrected chi connectivity index (χ2v) is 9.06. The molecule has 5 rings (SSSR count). The highest BCUT2D eigenvalue weighted by Crippen LogP contribution is 2.52. The highest BCUT2D eigenvalue weighted by Gasteiger charge is 2.59. The number of carbonyl (C=O) groups is 1. The number of hydrogen-bond donors (Lipinski definition) is 1. The van der Waals surface area contributed by atoms with Gasteiger partial charge in [-0.2, -0.15) is 0 Å². The van der Waals surface area contributed by atoms with E-state index in [4.69, 9.17) is 9.47 Å². The second-order valence-electron chi connectivity index (χ2n) is 9.06. The van der Waals surface area contributed by atoms with Crippen LogP contribution in [0.4, 0.5) is 5.69 Å². The molecule has 0 saturated carbocycles. The predicted molar refractivity (Wildman–Crippen MR) is 130 cm³/mol. The van der Waals surface area contributed by atoms with Crippen molar-refractivity contribution in [2.45, 2.75) is 31.5 Å². The summed E-state index contributed by atoms with van der Waals surface area (Å²) >= 11 is 0. The highest BCUT2D eigenvalue weighted by molar-refractivity contribution is 5.91. The van der Waals surface area contributed by atoms with Crippen LogP contribution in [0.5, 0.6) is 11.5 Å². The first-order valence-electron chi connectivity index (χ1n) is 11.2. The lowest BCUT2D eigenvalue weighted by Gasteiger charge is -2.40. The molecule has 0 aromatic heterocycles. The van der Waals surface area contributed by atoms with Gasteiger partial charge < -0.3 is 19.7 Å². The average Bonchev–Trinajstić information content (AvgIpc) is 3.27. The summed E-state index contributed by atoms with van der Waals surface area (Å²) in [5, 5.41) is 3.26. The van der Waals surface area contributed by atoms with E-state index in [2.05, 4.69) is 54.4 Å². The van der Waals surface area contributed by atoms with Gasteiger partial charge in [0.15, 0.2) is 11.5 Å². The van der Waals surface area contributed by atoms with Gasteiger partial charge in [0, 0.05) is 11.1 Å². The summed E-state index contributed by atoms with van der Waals surface area (Å²) < 4.78 is 11.6. The van der Waals surface area contributed by atoms with Crippen LogP contribution in [-0.4, -0.2) is 25.2 Å². The molecule has 3 aromatic carbocycles. The zero-order valence-corrected chi connectivity index (χ0v) is 19.2. The van der Waals surface area contributed by atoms with Gasteiger partial charge in [0.25, 0.3) is 0 Å². The van der Waals surface area contributed by atoms with Crippen molar-refractivity contribution in [1.82, 2.24) is 5.32 Å². The molecule has 0 radical (unpaired) electrons. The normalized spacial score (nSPS) is 20.5. The van der Waals surface area contributed by atoms with E-state index in [9.17, 15) is 4.79 Å². The Morgan fingerprint density at radius 3 is 2.55 bits per heavy atom. The second kappa shape index (κ2) is 8.00. The molecular weight excluding hydrogens is 412 g/mol. The van der Waals surface area contributed by atoms with Gasteiger partial charge in [-0.3, -0.25) is 4.79 Å². The molecule has 0 aliphatic carbocycles. The van der Waals surface area contributed by atoms with Crippen molar-refractivity contribution < 1.29 is 14.3 Å². The Bertz CT molecular complexity index is 1220. The van der Waals surface area contributed by atoms with Crippen LogP contribution in [0, 0.1) is 0 Å². The molecule has 1 atom stereocenters. The third-order valence-corrected chi connectivity index (χ3v) is 6.82. The van der Waals surface area contributed by atoms with Crippen molar-refractivity contribution in [3.63, 3.8) is 0 Å². The Kier molecular flexibility index (Phi) is 5.12. The first-order chi connectivity index (χ1) is 15.9. The van der Waals surface area contributed by atoms with E-state index in [0.717, 1.165) is 16.8 Å². The van der Waals surface area contributed by atoms with E-state index >= 15 is 0 Å². The van der Waals surface area contributed by atoms with E-state index in [-0.39, 0.29) is 11.3 Å². The predicted octanol–water partition coefficient (Wildman–Crippen LogP) is 4.91. The van der Waals surface area contributed by atoms with Crippen LogP contribution in [0.15, 0.2) is 78.9 Å². The first kappa shape index (κ1) is 21.1. The SMILES string of the molecule is COc1cc(/C=C/[C@]23NC(=O)CN2c2ccccc2C3(C)C)ccc1OCc1ccccc1. The Balaban J connectivity index is 1.43. The van der Waals surface area contributed by atoms with E-state index in [1.807, 2.05) is 54.6 Å². The van der Waals surface area contributed by atoms with Gasteiger partial charge in [0.2, 0.25) is 5.91 Å². The number of fused-ring (bicyclic) bond motifs is 3. The quantitative estimate of drug-likeness (QED) is 0.592. The summed E-state index contributed by atoms with van der Waals surface area (Å²) in [6, 6.07) is 24.3. The monoisotopic (exact) mass is 440 g/mol. The number of anilines is 1. The van der Waals surface area contributed by atoms with Gasteiger partial charge in [0.05, 0.1) is 13.7 Å². The maximum absolute atomic E-state index is 12.5. The summed E-state index contributed by atoms with van der Waals surface area (Å²) in [4.78, 5) is 14.7. The van der Waals surface area contributed by atoms with Crippen LogP contribution in [-0.2, 0) is 16.8 Å². The molecule has 5 nitrogen and oxygen atoms in total. The summed E-state index contributed by atoms with van der Waals surface area (Å²) in [5.74, 6) is 1.40. The minimum atomic E-state index is -0.622. The fourth-order valence-corrected chi connectivity index (χ4v) is 5.00. The third kappa shape index (κ3) is 3.44. The van der Waals surface area contributed by atoms with Gasteiger partial charge in [-0.25, -0.2) is 0 Å². The van der Waals surface area contributed by atoms with Crippen LogP contribution in [0.3, 0.4) is 0 Å². The van der Waals surface area contributed by atoms with E-state index < -0.39 is 5.66 Å².